The van der Waals surface area contributed by atoms with E-state index in [2.05, 4.69) is 58.7 Å². The van der Waals surface area contributed by atoms with Crippen LogP contribution in [0.25, 0.3) is 10.9 Å². The van der Waals surface area contributed by atoms with Gasteiger partial charge < -0.3 is 14.4 Å². The zero-order chi connectivity index (χ0) is 17.8. The van der Waals surface area contributed by atoms with Crippen LogP contribution in [0, 0.1) is 0 Å². The van der Waals surface area contributed by atoms with E-state index in [1.54, 1.807) is 0 Å². The van der Waals surface area contributed by atoms with Crippen molar-refractivity contribution < 1.29 is 4.79 Å². The summed E-state index contributed by atoms with van der Waals surface area (Å²) in [7, 11) is 2.12. The molecule has 0 radical (unpaired) electrons. The molecule has 0 N–H and O–H groups in total. The van der Waals surface area contributed by atoms with Gasteiger partial charge in [-0.05, 0) is 36.6 Å². The number of hydrogen-bond donors (Lipinski definition) is 0. The van der Waals surface area contributed by atoms with Crippen molar-refractivity contribution in [2.24, 2.45) is 0 Å². The van der Waals surface area contributed by atoms with E-state index in [4.69, 9.17) is 0 Å². The monoisotopic (exact) mass is 345 g/mol. The van der Waals surface area contributed by atoms with Gasteiger partial charge >= 0.3 is 0 Å². The van der Waals surface area contributed by atoms with Crippen LogP contribution < -0.4 is 4.90 Å². The third-order valence-electron chi connectivity index (χ3n) is 5.85. The second kappa shape index (κ2) is 5.63. The van der Waals surface area contributed by atoms with Gasteiger partial charge in [-0.25, -0.2) is 0 Å². The quantitative estimate of drug-likeness (QED) is 0.696. The molecule has 0 spiro atoms. The Hall–Kier alpha value is -2.75. The fourth-order valence-corrected chi connectivity index (χ4v) is 4.77. The average molecular weight is 345 g/mol. The highest BCUT2D eigenvalue weighted by atomic mass is 16.2. The SMILES string of the molecule is CCCn1c2c(c3ccccc31)CCN1C(=O)c3ccccc3N(C)[C@H]21. The molecule has 0 unspecified atom stereocenters. The van der Waals surface area contributed by atoms with Crippen LogP contribution in [-0.4, -0.2) is 29.0 Å². The molecule has 0 bridgehead atoms. The number of aryl methyl sites for hydroxylation is 1. The Balaban J connectivity index is 1.78. The Kier molecular flexibility index (Phi) is 3.36. The molecule has 2 aliphatic heterocycles. The van der Waals surface area contributed by atoms with Gasteiger partial charge in [0.05, 0.1) is 16.9 Å². The Morgan fingerprint density at radius 3 is 2.69 bits per heavy atom. The maximum Gasteiger partial charge on any atom is 0.257 e. The van der Waals surface area contributed by atoms with Gasteiger partial charge in [0.25, 0.3) is 5.91 Å². The summed E-state index contributed by atoms with van der Waals surface area (Å²) in [5.74, 6) is 0.155. The lowest BCUT2D eigenvalue weighted by Crippen LogP contribution is -2.51. The van der Waals surface area contributed by atoms with Gasteiger partial charge in [0.15, 0.2) is 0 Å². The molecule has 1 atom stereocenters. The van der Waals surface area contributed by atoms with E-state index in [0.29, 0.717) is 0 Å². The van der Waals surface area contributed by atoms with Gasteiger partial charge in [-0.2, -0.15) is 0 Å². The van der Waals surface area contributed by atoms with Crippen LogP contribution in [0.5, 0.6) is 0 Å². The van der Waals surface area contributed by atoms with E-state index in [9.17, 15) is 4.79 Å². The standard InChI is InChI=1S/C22H23N3O/c1-3-13-24-19-11-7-4-8-15(19)16-12-14-25-21(20(16)24)23(2)18-10-6-5-9-17(18)22(25)26/h4-11,21H,3,12-14H2,1-2H3/t21-/m0/s1. The van der Waals surface area contributed by atoms with Gasteiger partial charge in [0.2, 0.25) is 0 Å². The van der Waals surface area contributed by atoms with Crippen LogP contribution in [0.4, 0.5) is 5.69 Å². The summed E-state index contributed by atoms with van der Waals surface area (Å²) >= 11 is 0. The lowest BCUT2D eigenvalue weighted by atomic mass is 9.96. The number of anilines is 1. The first-order chi connectivity index (χ1) is 12.7. The summed E-state index contributed by atoms with van der Waals surface area (Å²) in [6.45, 7) is 3.96. The van der Waals surface area contributed by atoms with E-state index in [1.165, 1.54) is 22.2 Å². The number of benzene rings is 2. The van der Waals surface area contributed by atoms with Crippen molar-refractivity contribution in [1.82, 2.24) is 9.47 Å². The topological polar surface area (TPSA) is 28.5 Å². The summed E-state index contributed by atoms with van der Waals surface area (Å²) in [5, 5.41) is 1.34. The lowest BCUT2D eigenvalue weighted by molar-refractivity contribution is 0.0629. The summed E-state index contributed by atoms with van der Waals surface area (Å²) in [4.78, 5) is 17.5. The van der Waals surface area contributed by atoms with Crippen molar-refractivity contribution in [3.63, 3.8) is 0 Å². The molecule has 0 fully saturated rings. The van der Waals surface area contributed by atoms with Crippen LogP contribution >= 0.6 is 0 Å². The predicted molar refractivity (Wildman–Crippen MR) is 105 cm³/mol. The molecular weight excluding hydrogens is 322 g/mol. The summed E-state index contributed by atoms with van der Waals surface area (Å²) in [6, 6.07) is 16.7. The number of para-hydroxylation sites is 2. The lowest BCUT2D eigenvalue weighted by Gasteiger charge is -2.46. The second-order valence-electron chi connectivity index (χ2n) is 7.28. The molecule has 2 aliphatic rings. The Labute approximate surface area is 153 Å². The van der Waals surface area contributed by atoms with Crippen molar-refractivity contribution in [2.45, 2.75) is 32.5 Å². The fraction of sp³-hybridized carbons (Fsp3) is 0.318. The van der Waals surface area contributed by atoms with Gasteiger partial charge in [0, 0.05) is 31.0 Å². The Morgan fingerprint density at radius 1 is 1.08 bits per heavy atom. The van der Waals surface area contributed by atoms with Crippen molar-refractivity contribution in [3.8, 4) is 0 Å². The van der Waals surface area contributed by atoms with Crippen LogP contribution in [-0.2, 0) is 13.0 Å². The molecule has 4 nitrogen and oxygen atoms in total. The number of nitrogens with zero attached hydrogens (tertiary/aromatic N) is 3. The van der Waals surface area contributed by atoms with E-state index in [-0.39, 0.29) is 12.1 Å². The van der Waals surface area contributed by atoms with Crippen molar-refractivity contribution in [3.05, 3.63) is 65.4 Å². The molecule has 1 amide bonds. The van der Waals surface area contributed by atoms with Crippen LogP contribution in [0.2, 0.25) is 0 Å². The van der Waals surface area contributed by atoms with E-state index < -0.39 is 0 Å². The zero-order valence-corrected chi connectivity index (χ0v) is 15.3. The molecule has 132 valence electrons. The van der Waals surface area contributed by atoms with Crippen molar-refractivity contribution >= 4 is 22.5 Å². The number of fused-ring (bicyclic) bond motifs is 6. The van der Waals surface area contributed by atoms with E-state index in [1.807, 2.05) is 18.2 Å². The molecule has 26 heavy (non-hydrogen) atoms. The number of amides is 1. The summed E-state index contributed by atoms with van der Waals surface area (Å²) in [6.07, 6.45) is 1.97. The van der Waals surface area contributed by atoms with Crippen molar-refractivity contribution in [1.29, 1.82) is 0 Å². The van der Waals surface area contributed by atoms with Crippen LogP contribution in [0.1, 0.15) is 41.1 Å². The van der Waals surface area contributed by atoms with Crippen LogP contribution in [0.3, 0.4) is 0 Å². The predicted octanol–water partition coefficient (Wildman–Crippen LogP) is 4.20. The van der Waals surface area contributed by atoms with E-state index >= 15 is 0 Å². The molecule has 0 aliphatic carbocycles. The third-order valence-corrected chi connectivity index (χ3v) is 5.85. The van der Waals surface area contributed by atoms with Crippen molar-refractivity contribution in [2.75, 3.05) is 18.5 Å². The highest BCUT2D eigenvalue weighted by Crippen LogP contribution is 2.44. The normalized spacial score (nSPS) is 18.7. The minimum Gasteiger partial charge on any atom is -0.349 e. The maximum atomic E-state index is 13.2. The third kappa shape index (κ3) is 1.93. The second-order valence-corrected chi connectivity index (χ2v) is 7.28. The first-order valence-electron chi connectivity index (χ1n) is 9.45. The molecule has 3 aromatic rings. The van der Waals surface area contributed by atoms with Gasteiger partial charge in [-0.3, -0.25) is 4.79 Å². The number of carbonyl (C=O) groups excluding carboxylic acids is 1. The van der Waals surface area contributed by atoms with Crippen LogP contribution in [0.15, 0.2) is 48.5 Å². The van der Waals surface area contributed by atoms with Gasteiger partial charge in [-0.15, -0.1) is 0 Å². The number of carbonyl (C=O) groups is 1. The molecule has 3 heterocycles. The number of aromatic nitrogens is 1. The summed E-state index contributed by atoms with van der Waals surface area (Å²) < 4.78 is 2.44. The van der Waals surface area contributed by atoms with E-state index in [0.717, 1.165) is 37.2 Å². The van der Waals surface area contributed by atoms with Gasteiger partial charge in [-0.1, -0.05) is 37.3 Å². The summed E-state index contributed by atoms with van der Waals surface area (Å²) in [5.41, 5.74) is 5.84. The first kappa shape index (κ1) is 15.5. The highest BCUT2D eigenvalue weighted by Gasteiger charge is 2.42. The molecule has 0 saturated heterocycles. The average Bonchev–Trinajstić information content (AvgIpc) is 3.00. The zero-order valence-electron chi connectivity index (χ0n) is 15.3. The molecule has 1 aromatic heterocycles. The molecule has 2 aromatic carbocycles. The Morgan fingerprint density at radius 2 is 1.85 bits per heavy atom. The number of rotatable bonds is 2. The number of hydrogen-bond acceptors (Lipinski definition) is 2. The smallest absolute Gasteiger partial charge is 0.257 e. The molecular formula is C22H23N3O. The molecule has 4 heteroatoms. The Bertz CT molecular complexity index is 1020. The minimum absolute atomic E-state index is 0.0277. The molecule has 0 saturated carbocycles. The maximum absolute atomic E-state index is 13.2. The van der Waals surface area contributed by atoms with Gasteiger partial charge in [0.1, 0.15) is 6.17 Å². The first-order valence-corrected chi connectivity index (χ1v) is 9.45. The molecule has 5 rings (SSSR count). The largest absolute Gasteiger partial charge is 0.349 e. The fourth-order valence-electron chi connectivity index (χ4n) is 4.77. The minimum atomic E-state index is -0.0277. The highest BCUT2D eigenvalue weighted by molar-refractivity contribution is 6.02.